The highest BCUT2D eigenvalue weighted by Crippen LogP contribution is 2.11. The Bertz CT molecular complexity index is 836. The second-order valence-electron chi connectivity index (χ2n) is 5.94. The average molecular weight is 362 g/mol. The summed E-state index contributed by atoms with van der Waals surface area (Å²) in [6, 6.07) is 15.4. The summed E-state index contributed by atoms with van der Waals surface area (Å²) < 4.78 is 0. The highest BCUT2D eigenvalue weighted by molar-refractivity contribution is 5.95. The van der Waals surface area contributed by atoms with E-state index in [1.165, 1.54) is 11.1 Å². The molecule has 5 heteroatoms. The monoisotopic (exact) mass is 362 g/mol. The van der Waals surface area contributed by atoms with E-state index in [0.717, 1.165) is 12.0 Å². The van der Waals surface area contributed by atoms with Gasteiger partial charge in [0.2, 0.25) is 5.91 Å². The molecule has 0 bridgehead atoms. The third-order valence-corrected chi connectivity index (χ3v) is 3.98. The van der Waals surface area contributed by atoms with Crippen LogP contribution in [-0.2, 0) is 17.8 Å². The molecule has 0 unspecified atom stereocenters. The van der Waals surface area contributed by atoms with E-state index >= 15 is 0 Å². The summed E-state index contributed by atoms with van der Waals surface area (Å²) in [5, 5.41) is 9.05. The third-order valence-electron chi connectivity index (χ3n) is 3.98. The van der Waals surface area contributed by atoms with Crippen molar-refractivity contribution in [3.05, 3.63) is 65.2 Å². The van der Waals surface area contributed by atoms with Crippen molar-refractivity contribution in [2.75, 3.05) is 18.4 Å². The van der Waals surface area contributed by atoms with Gasteiger partial charge in [0.05, 0.1) is 13.1 Å². The van der Waals surface area contributed by atoms with Crippen LogP contribution < -0.4 is 16.0 Å². The number of aryl methyl sites for hydroxylation is 1. The molecule has 0 aliphatic rings. The van der Waals surface area contributed by atoms with E-state index in [-0.39, 0.29) is 12.5 Å². The van der Waals surface area contributed by atoms with Crippen LogP contribution in [0.1, 0.15) is 30.5 Å². The Morgan fingerprint density at radius 2 is 1.85 bits per heavy atom. The van der Waals surface area contributed by atoms with Crippen LogP contribution >= 0.6 is 0 Å². The van der Waals surface area contributed by atoms with Gasteiger partial charge in [0, 0.05) is 17.8 Å². The van der Waals surface area contributed by atoms with Gasteiger partial charge in [-0.25, -0.2) is 4.99 Å². The Kier molecular flexibility index (Phi) is 7.92. The summed E-state index contributed by atoms with van der Waals surface area (Å²) in [4.78, 5) is 16.8. The molecule has 0 aromatic heterocycles. The van der Waals surface area contributed by atoms with E-state index in [4.69, 9.17) is 6.42 Å². The molecule has 0 spiro atoms. The maximum absolute atomic E-state index is 12.2. The van der Waals surface area contributed by atoms with Crippen molar-refractivity contribution < 1.29 is 4.79 Å². The number of carbonyl (C=O) groups excluding carboxylic acids is 1. The van der Waals surface area contributed by atoms with Gasteiger partial charge in [0.25, 0.3) is 0 Å². The molecule has 0 radical (unpaired) electrons. The predicted octanol–water partition coefficient (Wildman–Crippen LogP) is 2.92. The number of anilines is 1. The van der Waals surface area contributed by atoms with E-state index in [1.54, 1.807) is 12.1 Å². The topological polar surface area (TPSA) is 65.5 Å². The Morgan fingerprint density at radius 3 is 2.56 bits per heavy atom. The van der Waals surface area contributed by atoms with Gasteiger partial charge in [-0.05, 0) is 42.7 Å². The summed E-state index contributed by atoms with van der Waals surface area (Å²) in [5.74, 6) is 3.00. The molecule has 0 aliphatic carbocycles. The molecule has 2 aromatic carbocycles. The lowest BCUT2D eigenvalue weighted by Gasteiger charge is -2.12. The number of amides is 1. The molecule has 0 fully saturated rings. The van der Waals surface area contributed by atoms with E-state index in [9.17, 15) is 4.79 Å². The quantitative estimate of drug-likeness (QED) is 0.403. The molecule has 3 N–H and O–H groups in total. The number of rotatable bonds is 7. The van der Waals surface area contributed by atoms with Gasteiger partial charge in [-0.15, -0.1) is 6.42 Å². The number of benzene rings is 2. The second-order valence-corrected chi connectivity index (χ2v) is 5.94. The molecule has 2 aromatic rings. The lowest BCUT2D eigenvalue weighted by Crippen LogP contribution is -2.41. The molecule has 5 nitrogen and oxygen atoms in total. The Balaban J connectivity index is 1.94. The number of hydrogen-bond acceptors (Lipinski definition) is 2. The van der Waals surface area contributed by atoms with Crippen molar-refractivity contribution in [2.24, 2.45) is 4.99 Å². The van der Waals surface area contributed by atoms with Crippen LogP contribution in [-0.4, -0.2) is 25.0 Å². The summed E-state index contributed by atoms with van der Waals surface area (Å²) in [6.07, 6.45) is 6.35. The zero-order valence-corrected chi connectivity index (χ0v) is 15.9. The first kappa shape index (κ1) is 20.1. The first-order chi connectivity index (χ1) is 13.2. The molecule has 0 heterocycles. The fraction of sp³-hybridized carbons (Fsp3) is 0.273. The molecule has 1 amide bonds. The number of terminal acetylenes is 1. The minimum Gasteiger partial charge on any atom is -0.357 e. The molecule has 0 saturated heterocycles. The van der Waals surface area contributed by atoms with Gasteiger partial charge < -0.3 is 16.0 Å². The Morgan fingerprint density at radius 1 is 1.07 bits per heavy atom. The van der Waals surface area contributed by atoms with Crippen LogP contribution in [0.5, 0.6) is 0 Å². The zero-order valence-electron chi connectivity index (χ0n) is 15.9. The number of aliphatic imine (C=N–C) groups is 1. The summed E-state index contributed by atoms with van der Waals surface area (Å²) >= 11 is 0. The predicted molar refractivity (Wildman–Crippen MR) is 112 cm³/mol. The number of hydrogen-bond donors (Lipinski definition) is 3. The minimum absolute atomic E-state index is 0.113. The Labute approximate surface area is 161 Å². The van der Waals surface area contributed by atoms with Crippen LogP contribution in [0.25, 0.3) is 0 Å². The van der Waals surface area contributed by atoms with Gasteiger partial charge in [0.15, 0.2) is 5.96 Å². The second kappa shape index (κ2) is 10.7. The van der Waals surface area contributed by atoms with Crippen LogP contribution in [0, 0.1) is 12.3 Å². The Hall–Kier alpha value is -3.26. The van der Waals surface area contributed by atoms with E-state index in [0.29, 0.717) is 24.7 Å². The maximum Gasteiger partial charge on any atom is 0.243 e. The SMILES string of the molecule is C#Cc1cccc(NC(=O)CNC(=NCc2ccccc2CC)NCC)c1. The maximum atomic E-state index is 12.2. The molecule has 0 atom stereocenters. The minimum atomic E-state index is -0.163. The van der Waals surface area contributed by atoms with Crippen LogP contribution in [0.3, 0.4) is 0 Å². The first-order valence-corrected chi connectivity index (χ1v) is 9.11. The van der Waals surface area contributed by atoms with Crippen molar-refractivity contribution >= 4 is 17.6 Å². The molecule has 2 rings (SSSR count). The lowest BCUT2D eigenvalue weighted by molar-refractivity contribution is -0.115. The fourth-order valence-corrected chi connectivity index (χ4v) is 2.62. The van der Waals surface area contributed by atoms with Gasteiger partial charge in [-0.3, -0.25) is 4.79 Å². The summed E-state index contributed by atoms with van der Waals surface area (Å²) in [6.45, 7) is 5.51. The lowest BCUT2D eigenvalue weighted by atomic mass is 10.1. The van der Waals surface area contributed by atoms with Gasteiger partial charge in [-0.2, -0.15) is 0 Å². The average Bonchev–Trinajstić information content (AvgIpc) is 2.70. The van der Waals surface area contributed by atoms with Crippen LogP contribution in [0.15, 0.2) is 53.5 Å². The van der Waals surface area contributed by atoms with Gasteiger partial charge >= 0.3 is 0 Å². The smallest absolute Gasteiger partial charge is 0.243 e. The molecule has 27 heavy (non-hydrogen) atoms. The molecule has 140 valence electrons. The standard InChI is InChI=1S/C22H26N4O/c1-4-17-10-9-13-20(14-17)26-21(27)16-25-22(23-6-3)24-15-19-12-8-7-11-18(19)5-2/h1,7-14H,5-6,15-16H2,2-3H3,(H,26,27)(H2,23,24,25). The van der Waals surface area contributed by atoms with Crippen molar-refractivity contribution in [3.8, 4) is 12.3 Å². The van der Waals surface area contributed by atoms with Crippen molar-refractivity contribution in [3.63, 3.8) is 0 Å². The number of nitrogens with one attached hydrogen (secondary N) is 3. The molecule has 0 aliphatic heterocycles. The highest BCUT2D eigenvalue weighted by Gasteiger charge is 2.05. The fourth-order valence-electron chi connectivity index (χ4n) is 2.62. The first-order valence-electron chi connectivity index (χ1n) is 9.11. The van der Waals surface area contributed by atoms with E-state index < -0.39 is 0 Å². The van der Waals surface area contributed by atoms with Crippen molar-refractivity contribution in [2.45, 2.75) is 26.8 Å². The third kappa shape index (κ3) is 6.52. The molecular weight excluding hydrogens is 336 g/mol. The number of carbonyl (C=O) groups is 1. The molecule has 0 saturated carbocycles. The van der Waals surface area contributed by atoms with Gasteiger partial charge in [-0.1, -0.05) is 43.2 Å². The summed E-state index contributed by atoms with van der Waals surface area (Å²) in [5.41, 5.74) is 3.87. The van der Waals surface area contributed by atoms with E-state index in [1.807, 2.05) is 31.2 Å². The number of guanidine groups is 1. The van der Waals surface area contributed by atoms with Crippen molar-refractivity contribution in [1.82, 2.24) is 10.6 Å². The number of nitrogens with zero attached hydrogens (tertiary/aromatic N) is 1. The van der Waals surface area contributed by atoms with Gasteiger partial charge in [0.1, 0.15) is 0 Å². The van der Waals surface area contributed by atoms with Crippen molar-refractivity contribution in [1.29, 1.82) is 0 Å². The normalized spacial score (nSPS) is 10.8. The zero-order chi connectivity index (χ0) is 19.5. The van der Waals surface area contributed by atoms with E-state index in [2.05, 4.69) is 45.9 Å². The van der Waals surface area contributed by atoms with Crippen LogP contribution in [0.4, 0.5) is 5.69 Å². The summed E-state index contributed by atoms with van der Waals surface area (Å²) in [7, 11) is 0. The highest BCUT2D eigenvalue weighted by atomic mass is 16.1. The van der Waals surface area contributed by atoms with Crippen LogP contribution in [0.2, 0.25) is 0 Å². The molecular formula is C22H26N4O. The largest absolute Gasteiger partial charge is 0.357 e.